The average molecular weight is 299 g/mol. The van der Waals surface area contributed by atoms with Crippen molar-refractivity contribution < 1.29 is 14.9 Å². The van der Waals surface area contributed by atoms with E-state index in [1.807, 2.05) is 0 Å². The molecule has 0 aliphatic rings. The highest BCUT2D eigenvalue weighted by Crippen LogP contribution is 2.18. The third-order valence-corrected chi connectivity index (χ3v) is 3.40. The summed E-state index contributed by atoms with van der Waals surface area (Å²) < 4.78 is 5.36. The minimum Gasteiger partial charge on any atom is -0.416 e. The molecule has 2 rings (SSSR count). The fourth-order valence-electron chi connectivity index (χ4n) is 1.40. The van der Waals surface area contributed by atoms with E-state index in [-0.39, 0.29) is 11.5 Å². The lowest BCUT2D eigenvalue weighted by Gasteiger charge is -1.98. The van der Waals surface area contributed by atoms with Crippen LogP contribution in [0, 0.1) is 0 Å². The van der Waals surface area contributed by atoms with E-state index in [0.29, 0.717) is 34.7 Å². The third-order valence-electron chi connectivity index (χ3n) is 2.33. The molecule has 0 aliphatic carbocycles. The van der Waals surface area contributed by atoms with E-state index in [9.17, 15) is 4.79 Å². The number of carbonyl (C=O) groups is 1. The molecule has 0 fully saturated rings. The fraction of sp³-hybridized carbons (Fsp3) is 0.250. The predicted molar refractivity (Wildman–Crippen MR) is 72.3 cm³/mol. The number of ketones is 1. The summed E-state index contributed by atoms with van der Waals surface area (Å²) in [5.74, 6) is 0.809. The quantitative estimate of drug-likeness (QED) is 0.645. The molecule has 0 bridgehead atoms. The first-order chi connectivity index (χ1) is 9.19. The molecule has 2 aromatic rings. The molecule has 1 heterocycles. The Hall–Kier alpha value is -1.37. The maximum Gasteiger partial charge on any atom is 0.277 e. The molecule has 1 aromatic carbocycles. The molecular weight excluding hydrogens is 286 g/mol. The Bertz CT molecular complexity index is 556. The lowest BCUT2D eigenvalue weighted by atomic mass is 10.1. The number of thioether (sulfide) groups is 1. The molecule has 0 atom stereocenters. The zero-order chi connectivity index (χ0) is 13.7. The molecule has 0 unspecified atom stereocenters. The fourth-order valence-corrected chi connectivity index (χ4v) is 2.20. The number of halogens is 1. The average Bonchev–Trinajstić information content (AvgIpc) is 2.85. The Morgan fingerprint density at radius 1 is 1.32 bits per heavy atom. The summed E-state index contributed by atoms with van der Waals surface area (Å²) in [5.41, 5.74) is 4.33. The molecule has 0 radical (unpaired) electrons. The van der Waals surface area contributed by atoms with Gasteiger partial charge in [-0.05, 0) is 24.3 Å². The summed E-state index contributed by atoms with van der Waals surface area (Å²) >= 11 is 7.00. The molecule has 0 saturated heterocycles. The number of rotatable bonds is 6. The third kappa shape index (κ3) is 4.05. The first-order valence-corrected chi connectivity index (χ1v) is 7.08. The molecule has 0 aliphatic heterocycles. The van der Waals surface area contributed by atoms with Crippen molar-refractivity contribution in [3.63, 3.8) is 0 Å². The Labute approximate surface area is 119 Å². The summed E-state index contributed by atoms with van der Waals surface area (Å²) in [4.78, 5) is 11.9. The van der Waals surface area contributed by atoms with Crippen LogP contribution >= 0.6 is 23.4 Å². The van der Waals surface area contributed by atoms with Crippen LogP contribution in [0.3, 0.4) is 0 Å². The minimum absolute atomic E-state index is 0.00132. The van der Waals surface area contributed by atoms with Crippen molar-refractivity contribution in [1.29, 1.82) is 0 Å². The first-order valence-electron chi connectivity index (χ1n) is 5.72. The number of quaternary nitrogens is 1. The van der Waals surface area contributed by atoms with Gasteiger partial charge in [0.1, 0.15) is 0 Å². The Morgan fingerprint density at radius 3 is 2.74 bits per heavy atom. The van der Waals surface area contributed by atoms with Crippen LogP contribution in [-0.2, 0) is 6.42 Å². The molecule has 1 aromatic heterocycles. The van der Waals surface area contributed by atoms with Crippen molar-refractivity contribution in [1.82, 2.24) is 10.2 Å². The van der Waals surface area contributed by atoms with Crippen LogP contribution in [0.5, 0.6) is 0 Å². The van der Waals surface area contributed by atoms with E-state index in [4.69, 9.17) is 16.0 Å². The van der Waals surface area contributed by atoms with Gasteiger partial charge in [0.2, 0.25) is 5.89 Å². The lowest BCUT2D eigenvalue weighted by molar-refractivity contribution is -0.367. The normalized spacial score (nSPS) is 10.6. The van der Waals surface area contributed by atoms with Gasteiger partial charge in [0, 0.05) is 10.6 Å². The molecular formula is C12H13ClN3O2S+. The smallest absolute Gasteiger partial charge is 0.277 e. The number of aromatic nitrogens is 2. The Balaban J connectivity index is 1.90. The van der Waals surface area contributed by atoms with Gasteiger partial charge in [0.15, 0.2) is 5.78 Å². The summed E-state index contributed by atoms with van der Waals surface area (Å²) in [6, 6.07) is 6.79. The highest BCUT2D eigenvalue weighted by atomic mass is 35.5. The van der Waals surface area contributed by atoms with Crippen LogP contribution in [0.4, 0.5) is 0 Å². The number of nitrogens with zero attached hydrogens (tertiary/aromatic N) is 2. The molecule has 19 heavy (non-hydrogen) atoms. The maximum atomic E-state index is 11.9. The van der Waals surface area contributed by atoms with Gasteiger partial charge in [-0.25, -0.2) is 0 Å². The van der Waals surface area contributed by atoms with E-state index in [2.05, 4.69) is 15.9 Å². The van der Waals surface area contributed by atoms with Crippen molar-refractivity contribution in [3.05, 3.63) is 40.7 Å². The van der Waals surface area contributed by atoms with Gasteiger partial charge in [-0.2, -0.15) is 0 Å². The number of hydrogen-bond acceptors (Lipinski definition) is 5. The second-order valence-corrected chi connectivity index (χ2v) is 5.15. The number of Topliss-reactive ketones (excluding diaryl/α,β-unsaturated/α-hetero) is 1. The van der Waals surface area contributed by atoms with Crippen LogP contribution in [0.2, 0.25) is 5.02 Å². The number of hydrogen-bond donors (Lipinski definition) is 1. The monoisotopic (exact) mass is 298 g/mol. The SMILES string of the molecule is [NH3+]CCc1nnc(SCC(=O)c2ccc(Cl)cc2)o1. The predicted octanol–water partition coefficient (Wildman–Crippen LogP) is 1.48. The minimum atomic E-state index is -0.00132. The summed E-state index contributed by atoms with van der Waals surface area (Å²) in [5, 5.41) is 8.74. The molecule has 0 amide bonds. The van der Waals surface area contributed by atoms with Gasteiger partial charge < -0.3 is 10.2 Å². The number of benzene rings is 1. The van der Waals surface area contributed by atoms with Crippen molar-refractivity contribution in [2.45, 2.75) is 11.6 Å². The van der Waals surface area contributed by atoms with E-state index in [0.717, 1.165) is 0 Å². The van der Waals surface area contributed by atoms with Crippen molar-refractivity contribution in [2.24, 2.45) is 0 Å². The Morgan fingerprint density at radius 2 is 2.05 bits per heavy atom. The highest BCUT2D eigenvalue weighted by molar-refractivity contribution is 7.99. The van der Waals surface area contributed by atoms with Crippen LogP contribution in [-0.4, -0.2) is 28.3 Å². The van der Waals surface area contributed by atoms with E-state index >= 15 is 0 Å². The van der Waals surface area contributed by atoms with Crippen LogP contribution in [0.15, 0.2) is 33.9 Å². The summed E-state index contributed by atoms with van der Waals surface area (Å²) in [7, 11) is 0. The zero-order valence-corrected chi connectivity index (χ0v) is 11.7. The van der Waals surface area contributed by atoms with Crippen molar-refractivity contribution >= 4 is 29.1 Å². The van der Waals surface area contributed by atoms with Crippen molar-refractivity contribution in [3.8, 4) is 0 Å². The maximum absolute atomic E-state index is 11.9. The Kier molecular flexibility index (Phi) is 4.95. The molecule has 5 nitrogen and oxygen atoms in total. The van der Waals surface area contributed by atoms with Gasteiger partial charge in [-0.1, -0.05) is 23.4 Å². The molecule has 0 spiro atoms. The highest BCUT2D eigenvalue weighted by Gasteiger charge is 2.11. The standard InChI is InChI=1S/C12H12ClN3O2S/c13-9-3-1-8(2-4-9)10(17)7-19-12-16-15-11(18-12)5-6-14/h1-4H,5-7,14H2/p+1. The second-order valence-electron chi connectivity index (χ2n) is 3.78. The summed E-state index contributed by atoms with van der Waals surface area (Å²) in [6.07, 6.45) is 0.651. The van der Waals surface area contributed by atoms with Crippen LogP contribution in [0.25, 0.3) is 0 Å². The van der Waals surface area contributed by atoms with Gasteiger partial charge >= 0.3 is 0 Å². The van der Waals surface area contributed by atoms with Gasteiger partial charge in [-0.15, -0.1) is 10.2 Å². The molecule has 3 N–H and O–H groups in total. The summed E-state index contributed by atoms with van der Waals surface area (Å²) in [6.45, 7) is 0.704. The molecule has 7 heteroatoms. The first kappa shape index (κ1) is 14.0. The topological polar surface area (TPSA) is 83.6 Å². The second kappa shape index (κ2) is 6.70. The largest absolute Gasteiger partial charge is 0.416 e. The molecule has 100 valence electrons. The van der Waals surface area contributed by atoms with Crippen LogP contribution < -0.4 is 5.73 Å². The zero-order valence-electron chi connectivity index (χ0n) is 10.1. The lowest BCUT2D eigenvalue weighted by Crippen LogP contribution is -2.51. The van der Waals surface area contributed by atoms with E-state index in [1.54, 1.807) is 24.3 Å². The van der Waals surface area contributed by atoms with Gasteiger partial charge in [0.25, 0.3) is 5.22 Å². The van der Waals surface area contributed by atoms with Crippen LogP contribution in [0.1, 0.15) is 16.2 Å². The van der Waals surface area contributed by atoms with Gasteiger partial charge in [-0.3, -0.25) is 4.79 Å². The van der Waals surface area contributed by atoms with E-state index in [1.165, 1.54) is 11.8 Å². The van der Waals surface area contributed by atoms with E-state index < -0.39 is 0 Å². The number of carbonyl (C=O) groups excluding carboxylic acids is 1. The van der Waals surface area contributed by atoms with Crippen molar-refractivity contribution in [2.75, 3.05) is 12.3 Å². The molecule has 0 saturated carbocycles. The van der Waals surface area contributed by atoms with Gasteiger partial charge in [0.05, 0.1) is 18.7 Å².